The summed E-state index contributed by atoms with van der Waals surface area (Å²) in [6, 6.07) is 15.8. The second-order valence-corrected chi connectivity index (χ2v) is 9.05. The lowest BCUT2D eigenvalue weighted by Gasteiger charge is -2.25. The Labute approximate surface area is 162 Å². The number of rotatable bonds is 7. The summed E-state index contributed by atoms with van der Waals surface area (Å²) in [5.74, 6) is 0.674. The molecule has 0 aliphatic carbocycles. The molecule has 0 radical (unpaired) electrons. The molecule has 0 aliphatic rings. The summed E-state index contributed by atoms with van der Waals surface area (Å²) in [5, 5.41) is 8.95. The second-order valence-electron chi connectivity index (χ2n) is 7.19. The first-order valence-corrected chi connectivity index (χ1v) is 10.4. The van der Waals surface area contributed by atoms with Crippen molar-refractivity contribution in [3.63, 3.8) is 0 Å². The SMILES string of the molecule is CCOc1ccc(N(CCC#N)S(=O)(=O)c2ccc(C(C)(C)C)cc2)cc1. The van der Waals surface area contributed by atoms with Crippen LogP contribution in [0.5, 0.6) is 5.75 Å². The molecule has 0 fully saturated rings. The van der Waals surface area contributed by atoms with Gasteiger partial charge in [-0.05, 0) is 54.3 Å². The van der Waals surface area contributed by atoms with Crippen molar-refractivity contribution in [1.29, 1.82) is 5.26 Å². The van der Waals surface area contributed by atoms with E-state index in [1.54, 1.807) is 36.4 Å². The van der Waals surface area contributed by atoms with Gasteiger partial charge in [0.2, 0.25) is 0 Å². The van der Waals surface area contributed by atoms with E-state index in [-0.39, 0.29) is 23.3 Å². The summed E-state index contributed by atoms with van der Waals surface area (Å²) >= 11 is 0. The molecule has 2 aromatic rings. The summed E-state index contributed by atoms with van der Waals surface area (Å²) in [5.41, 5.74) is 1.51. The van der Waals surface area contributed by atoms with Gasteiger partial charge in [-0.2, -0.15) is 5.26 Å². The summed E-state index contributed by atoms with van der Waals surface area (Å²) in [6.07, 6.45) is 0.104. The number of hydrogen-bond donors (Lipinski definition) is 0. The van der Waals surface area contributed by atoms with Crippen molar-refractivity contribution >= 4 is 15.7 Å². The van der Waals surface area contributed by atoms with E-state index in [1.807, 2.05) is 25.1 Å². The Hall–Kier alpha value is -2.52. The summed E-state index contributed by atoms with van der Waals surface area (Å²) in [7, 11) is -3.77. The minimum absolute atomic E-state index is 0.0576. The molecule has 0 aliphatic heterocycles. The molecule has 2 aromatic carbocycles. The Morgan fingerprint density at radius 2 is 1.63 bits per heavy atom. The maximum atomic E-state index is 13.2. The van der Waals surface area contributed by atoms with E-state index in [0.29, 0.717) is 18.0 Å². The Kier molecular flexibility index (Phi) is 6.50. The van der Waals surface area contributed by atoms with Crippen LogP contribution in [0.2, 0.25) is 0 Å². The zero-order chi connectivity index (χ0) is 20.1. The van der Waals surface area contributed by atoms with Gasteiger partial charge in [-0.3, -0.25) is 4.31 Å². The first kappa shape index (κ1) is 20.8. The first-order chi connectivity index (χ1) is 12.7. The number of anilines is 1. The Morgan fingerprint density at radius 1 is 1.04 bits per heavy atom. The van der Waals surface area contributed by atoms with Gasteiger partial charge in [-0.1, -0.05) is 32.9 Å². The standard InChI is InChI=1S/C21H26N2O3S/c1-5-26-19-11-9-18(10-12-19)23(16-6-15-22)27(24,25)20-13-7-17(8-14-20)21(2,3)4/h7-14H,5-6,16H2,1-4H3. The predicted molar refractivity (Wildman–Crippen MR) is 108 cm³/mol. The fraction of sp³-hybridized carbons (Fsp3) is 0.381. The predicted octanol–water partition coefficient (Wildman–Crippen LogP) is 4.49. The molecule has 0 saturated carbocycles. The fourth-order valence-electron chi connectivity index (χ4n) is 2.67. The highest BCUT2D eigenvalue weighted by Crippen LogP contribution is 2.28. The van der Waals surface area contributed by atoms with Crippen LogP contribution in [0.4, 0.5) is 5.69 Å². The molecule has 0 atom stereocenters. The van der Waals surface area contributed by atoms with Crippen LogP contribution in [0.3, 0.4) is 0 Å². The van der Waals surface area contributed by atoms with Gasteiger partial charge in [0.1, 0.15) is 5.75 Å². The molecule has 2 rings (SSSR count). The van der Waals surface area contributed by atoms with Crippen molar-refractivity contribution < 1.29 is 13.2 Å². The monoisotopic (exact) mass is 386 g/mol. The van der Waals surface area contributed by atoms with Crippen molar-refractivity contribution in [3.8, 4) is 11.8 Å². The van der Waals surface area contributed by atoms with Crippen LogP contribution in [-0.4, -0.2) is 21.6 Å². The van der Waals surface area contributed by atoms with Gasteiger partial charge in [-0.15, -0.1) is 0 Å². The summed E-state index contributed by atoms with van der Waals surface area (Å²) < 4.78 is 33.1. The zero-order valence-electron chi connectivity index (χ0n) is 16.3. The minimum atomic E-state index is -3.77. The van der Waals surface area contributed by atoms with E-state index in [9.17, 15) is 8.42 Å². The lowest BCUT2D eigenvalue weighted by molar-refractivity contribution is 0.340. The van der Waals surface area contributed by atoms with Crippen LogP contribution in [0, 0.1) is 11.3 Å². The van der Waals surface area contributed by atoms with Crippen LogP contribution < -0.4 is 9.04 Å². The Morgan fingerprint density at radius 3 is 2.11 bits per heavy atom. The molecule has 0 heterocycles. The van der Waals surface area contributed by atoms with E-state index < -0.39 is 10.0 Å². The molecule has 6 heteroatoms. The molecule has 0 bridgehead atoms. The summed E-state index contributed by atoms with van der Waals surface area (Å²) in [4.78, 5) is 0.210. The van der Waals surface area contributed by atoms with Gasteiger partial charge in [0.05, 0.1) is 29.7 Å². The molecule has 5 nitrogen and oxygen atoms in total. The van der Waals surface area contributed by atoms with Crippen molar-refractivity contribution in [2.75, 3.05) is 17.5 Å². The molecule has 0 unspecified atom stereocenters. The van der Waals surface area contributed by atoms with E-state index in [0.717, 1.165) is 5.56 Å². The van der Waals surface area contributed by atoms with E-state index in [1.165, 1.54) is 4.31 Å². The third-order valence-corrected chi connectivity index (χ3v) is 6.01. The van der Waals surface area contributed by atoms with Gasteiger partial charge >= 0.3 is 0 Å². The quantitative estimate of drug-likeness (QED) is 0.703. The van der Waals surface area contributed by atoms with Crippen molar-refractivity contribution in [2.45, 2.75) is 44.4 Å². The topological polar surface area (TPSA) is 70.4 Å². The largest absolute Gasteiger partial charge is 0.494 e. The van der Waals surface area contributed by atoms with Gasteiger partial charge < -0.3 is 4.74 Å². The Bertz CT molecular complexity index is 890. The number of benzene rings is 2. The average molecular weight is 387 g/mol. The van der Waals surface area contributed by atoms with Gasteiger partial charge in [0.15, 0.2) is 0 Å². The van der Waals surface area contributed by atoms with Gasteiger partial charge in [0, 0.05) is 6.54 Å². The number of nitrogens with zero attached hydrogens (tertiary/aromatic N) is 2. The molecule has 0 saturated heterocycles. The van der Waals surface area contributed by atoms with Crippen molar-refractivity contribution in [2.24, 2.45) is 0 Å². The molecule has 0 spiro atoms. The first-order valence-electron chi connectivity index (χ1n) is 8.93. The van der Waals surface area contributed by atoms with Crippen LogP contribution in [-0.2, 0) is 15.4 Å². The normalized spacial score (nSPS) is 11.7. The van der Waals surface area contributed by atoms with E-state index >= 15 is 0 Å². The minimum Gasteiger partial charge on any atom is -0.494 e. The molecule has 27 heavy (non-hydrogen) atoms. The van der Waals surface area contributed by atoms with Crippen LogP contribution in [0.1, 0.15) is 39.7 Å². The van der Waals surface area contributed by atoms with Crippen LogP contribution in [0.25, 0.3) is 0 Å². The zero-order valence-corrected chi connectivity index (χ0v) is 17.1. The highest BCUT2D eigenvalue weighted by atomic mass is 32.2. The van der Waals surface area contributed by atoms with Crippen molar-refractivity contribution in [3.05, 3.63) is 54.1 Å². The molecular formula is C21H26N2O3S. The third-order valence-electron chi connectivity index (χ3n) is 4.17. The smallest absolute Gasteiger partial charge is 0.264 e. The third kappa shape index (κ3) is 5.01. The van der Waals surface area contributed by atoms with E-state index in [4.69, 9.17) is 10.00 Å². The van der Waals surface area contributed by atoms with Gasteiger partial charge in [-0.25, -0.2) is 8.42 Å². The number of ether oxygens (including phenoxy) is 1. The Balaban J connectivity index is 2.40. The summed E-state index contributed by atoms with van der Waals surface area (Å²) in [6.45, 7) is 8.75. The van der Waals surface area contributed by atoms with E-state index in [2.05, 4.69) is 20.8 Å². The highest BCUT2D eigenvalue weighted by Gasteiger charge is 2.25. The fourth-order valence-corrected chi connectivity index (χ4v) is 4.13. The maximum Gasteiger partial charge on any atom is 0.264 e. The van der Waals surface area contributed by atoms with Crippen LogP contribution in [0.15, 0.2) is 53.4 Å². The molecule has 0 amide bonds. The lowest BCUT2D eigenvalue weighted by atomic mass is 9.87. The lowest BCUT2D eigenvalue weighted by Crippen LogP contribution is -2.32. The molecular weight excluding hydrogens is 360 g/mol. The number of hydrogen-bond acceptors (Lipinski definition) is 4. The number of nitriles is 1. The molecule has 144 valence electrons. The van der Waals surface area contributed by atoms with Crippen LogP contribution >= 0.6 is 0 Å². The van der Waals surface area contributed by atoms with Crippen molar-refractivity contribution in [1.82, 2.24) is 0 Å². The molecule has 0 aromatic heterocycles. The van der Waals surface area contributed by atoms with Gasteiger partial charge in [0.25, 0.3) is 10.0 Å². The second kappa shape index (κ2) is 8.45. The highest BCUT2D eigenvalue weighted by molar-refractivity contribution is 7.92. The molecule has 0 N–H and O–H groups in total. The maximum absolute atomic E-state index is 13.2. The average Bonchev–Trinajstić information content (AvgIpc) is 2.63. The number of sulfonamides is 1.